The SMILES string of the molecule is Cc1cc(C)c2nc(N3C(=O)C(=O)/C(=C(/O)c4ccncc4)C3c3ccccc3)sc2c1. The van der Waals surface area contributed by atoms with E-state index < -0.39 is 17.7 Å². The van der Waals surface area contributed by atoms with Crippen LogP contribution >= 0.6 is 11.3 Å². The summed E-state index contributed by atoms with van der Waals surface area (Å²) in [6, 6.07) is 15.7. The van der Waals surface area contributed by atoms with Crippen molar-refractivity contribution in [3.63, 3.8) is 0 Å². The molecule has 0 aliphatic carbocycles. The number of fused-ring (bicyclic) bond motifs is 1. The van der Waals surface area contributed by atoms with Gasteiger partial charge in [0, 0.05) is 18.0 Å². The number of aliphatic hydroxyl groups is 1. The topological polar surface area (TPSA) is 83.4 Å². The Morgan fingerprint density at radius 1 is 1.03 bits per heavy atom. The van der Waals surface area contributed by atoms with Crippen LogP contribution in [-0.2, 0) is 9.59 Å². The fourth-order valence-electron chi connectivity index (χ4n) is 4.11. The van der Waals surface area contributed by atoms with Crippen molar-refractivity contribution in [2.45, 2.75) is 19.9 Å². The molecule has 3 heterocycles. The first-order valence-corrected chi connectivity index (χ1v) is 10.9. The molecule has 5 rings (SSSR count). The van der Waals surface area contributed by atoms with Crippen LogP contribution in [0, 0.1) is 13.8 Å². The quantitative estimate of drug-likeness (QED) is 0.277. The molecule has 1 aliphatic rings. The van der Waals surface area contributed by atoms with Crippen LogP contribution in [0.5, 0.6) is 0 Å². The maximum atomic E-state index is 13.2. The molecule has 0 spiro atoms. The minimum absolute atomic E-state index is 0.0413. The van der Waals surface area contributed by atoms with Gasteiger partial charge in [-0.25, -0.2) is 4.98 Å². The van der Waals surface area contributed by atoms with Gasteiger partial charge in [0.05, 0.1) is 21.8 Å². The number of aryl methyl sites for hydroxylation is 2. The average Bonchev–Trinajstić information content (AvgIpc) is 3.33. The molecule has 7 heteroatoms. The molecule has 1 N–H and O–H groups in total. The summed E-state index contributed by atoms with van der Waals surface area (Å²) in [5, 5.41) is 11.5. The Bertz CT molecular complexity index is 1390. The normalized spacial score (nSPS) is 17.9. The number of anilines is 1. The Morgan fingerprint density at radius 2 is 1.75 bits per heavy atom. The third-order valence-electron chi connectivity index (χ3n) is 5.54. The number of rotatable bonds is 3. The minimum atomic E-state index is -0.786. The molecule has 1 fully saturated rings. The van der Waals surface area contributed by atoms with Crippen LogP contribution in [-0.4, -0.2) is 26.8 Å². The molecule has 2 aromatic heterocycles. The number of pyridine rings is 1. The Hall–Kier alpha value is -3.84. The van der Waals surface area contributed by atoms with Gasteiger partial charge in [-0.15, -0.1) is 0 Å². The monoisotopic (exact) mass is 441 g/mol. The zero-order chi connectivity index (χ0) is 22.4. The molecule has 1 aliphatic heterocycles. The van der Waals surface area contributed by atoms with E-state index in [1.807, 2.05) is 56.3 Å². The summed E-state index contributed by atoms with van der Waals surface area (Å²) >= 11 is 1.36. The highest BCUT2D eigenvalue weighted by atomic mass is 32.1. The van der Waals surface area contributed by atoms with Crippen molar-refractivity contribution in [3.05, 3.63) is 94.8 Å². The molecule has 4 aromatic rings. The molecular formula is C25H19N3O3S. The fraction of sp³-hybridized carbons (Fsp3) is 0.120. The van der Waals surface area contributed by atoms with Crippen molar-refractivity contribution in [2.75, 3.05) is 4.90 Å². The second-order valence-corrected chi connectivity index (χ2v) is 8.75. The van der Waals surface area contributed by atoms with Crippen molar-refractivity contribution < 1.29 is 14.7 Å². The number of ketones is 1. The molecule has 2 aromatic carbocycles. The number of thiazole rings is 1. The predicted octanol–water partition coefficient (Wildman–Crippen LogP) is 4.93. The zero-order valence-corrected chi connectivity index (χ0v) is 18.3. The van der Waals surface area contributed by atoms with E-state index in [1.54, 1.807) is 12.1 Å². The van der Waals surface area contributed by atoms with Crippen LogP contribution in [0.1, 0.15) is 28.3 Å². The molecular weight excluding hydrogens is 422 g/mol. The summed E-state index contributed by atoms with van der Waals surface area (Å²) in [5.74, 6) is -1.67. The van der Waals surface area contributed by atoms with Gasteiger partial charge in [-0.2, -0.15) is 0 Å². The van der Waals surface area contributed by atoms with Crippen LogP contribution in [0.2, 0.25) is 0 Å². The summed E-state index contributed by atoms with van der Waals surface area (Å²) in [4.78, 5) is 36.5. The van der Waals surface area contributed by atoms with Crippen molar-refractivity contribution in [2.24, 2.45) is 0 Å². The largest absolute Gasteiger partial charge is 0.507 e. The maximum Gasteiger partial charge on any atom is 0.301 e. The summed E-state index contributed by atoms with van der Waals surface area (Å²) in [7, 11) is 0. The van der Waals surface area contributed by atoms with E-state index in [9.17, 15) is 14.7 Å². The fourth-order valence-corrected chi connectivity index (χ4v) is 5.28. The summed E-state index contributed by atoms with van der Waals surface area (Å²) in [6.07, 6.45) is 3.06. The first-order valence-electron chi connectivity index (χ1n) is 10.1. The van der Waals surface area contributed by atoms with Gasteiger partial charge in [0.2, 0.25) is 0 Å². The molecule has 0 saturated carbocycles. The van der Waals surface area contributed by atoms with Gasteiger partial charge in [0.25, 0.3) is 5.78 Å². The Kier molecular flexibility index (Phi) is 4.83. The molecule has 1 unspecified atom stereocenters. The van der Waals surface area contributed by atoms with E-state index in [4.69, 9.17) is 4.98 Å². The number of amides is 1. The lowest BCUT2D eigenvalue weighted by atomic mass is 9.96. The highest BCUT2D eigenvalue weighted by molar-refractivity contribution is 7.22. The number of hydrogen-bond donors (Lipinski definition) is 1. The maximum absolute atomic E-state index is 13.2. The Balaban J connectivity index is 1.74. The Morgan fingerprint density at radius 3 is 2.47 bits per heavy atom. The predicted molar refractivity (Wildman–Crippen MR) is 125 cm³/mol. The molecule has 1 amide bonds. The van der Waals surface area contributed by atoms with Gasteiger partial charge in [-0.05, 0) is 48.7 Å². The van der Waals surface area contributed by atoms with Crippen molar-refractivity contribution in [3.8, 4) is 0 Å². The zero-order valence-electron chi connectivity index (χ0n) is 17.4. The van der Waals surface area contributed by atoms with Crippen LogP contribution < -0.4 is 4.90 Å². The number of hydrogen-bond acceptors (Lipinski definition) is 6. The number of nitrogens with zero attached hydrogens (tertiary/aromatic N) is 3. The Labute approximate surface area is 188 Å². The smallest absolute Gasteiger partial charge is 0.301 e. The lowest BCUT2D eigenvalue weighted by Crippen LogP contribution is -2.29. The van der Waals surface area contributed by atoms with E-state index >= 15 is 0 Å². The number of Topliss-reactive ketones (excluding diaryl/α,β-unsaturated/α-hetero) is 1. The lowest BCUT2D eigenvalue weighted by molar-refractivity contribution is -0.132. The second kappa shape index (κ2) is 7.69. The third kappa shape index (κ3) is 3.18. The molecule has 1 atom stereocenters. The van der Waals surface area contributed by atoms with Crippen molar-refractivity contribution >= 4 is 44.1 Å². The molecule has 1 saturated heterocycles. The van der Waals surface area contributed by atoms with Gasteiger partial charge in [-0.1, -0.05) is 47.7 Å². The average molecular weight is 442 g/mol. The van der Waals surface area contributed by atoms with E-state index in [1.165, 1.54) is 28.6 Å². The van der Waals surface area contributed by atoms with E-state index in [0.29, 0.717) is 10.7 Å². The molecule has 6 nitrogen and oxygen atoms in total. The van der Waals surface area contributed by atoms with Crippen LogP contribution in [0.15, 0.2) is 72.6 Å². The summed E-state index contributed by atoms with van der Waals surface area (Å²) in [5.41, 5.74) is 4.10. The van der Waals surface area contributed by atoms with Gasteiger partial charge in [-0.3, -0.25) is 19.5 Å². The second-order valence-electron chi connectivity index (χ2n) is 7.74. The molecule has 0 radical (unpaired) electrons. The number of carbonyl (C=O) groups is 2. The van der Waals surface area contributed by atoms with E-state index in [0.717, 1.165) is 26.9 Å². The summed E-state index contributed by atoms with van der Waals surface area (Å²) in [6.45, 7) is 3.99. The van der Waals surface area contributed by atoms with Crippen LogP contribution in [0.3, 0.4) is 0 Å². The molecule has 158 valence electrons. The highest BCUT2D eigenvalue weighted by Crippen LogP contribution is 2.44. The molecule has 0 bridgehead atoms. The number of aliphatic hydroxyl groups excluding tert-OH is 1. The number of carbonyl (C=O) groups excluding carboxylic acids is 2. The first kappa shape index (κ1) is 20.1. The molecule has 32 heavy (non-hydrogen) atoms. The van der Waals surface area contributed by atoms with Gasteiger partial charge in [0.15, 0.2) is 5.13 Å². The first-order chi connectivity index (χ1) is 15.5. The van der Waals surface area contributed by atoms with Crippen molar-refractivity contribution in [1.29, 1.82) is 0 Å². The van der Waals surface area contributed by atoms with E-state index in [-0.39, 0.29) is 11.3 Å². The number of benzene rings is 2. The standard InChI is InChI=1S/C25H19N3O3S/c1-14-12-15(2)20-18(13-14)32-25(27-20)28-21(16-6-4-3-5-7-16)19(23(30)24(28)31)22(29)17-8-10-26-11-9-17/h3-13,21,29H,1-2H3/b22-19+. The summed E-state index contributed by atoms with van der Waals surface area (Å²) < 4.78 is 0.945. The highest BCUT2D eigenvalue weighted by Gasteiger charge is 2.48. The lowest BCUT2D eigenvalue weighted by Gasteiger charge is -2.22. The van der Waals surface area contributed by atoms with Gasteiger partial charge in [0.1, 0.15) is 5.76 Å². The van der Waals surface area contributed by atoms with Gasteiger partial charge < -0.3 is 5.11 Å². The van der Waals surface area contributed by atoms with E-state index in [2.05, 4.69) is 4.98 Å². The third-order valence-corrected chi connectivity index (χ3v) is 6.54. The van der Waals surface area contributed by atoms with Crippen molar-refractivity contribution in [1.82, 2.24) is 9.97 Å². The number of aromatic nitrogens is 2. The van der Waals surface area contributed by atoms with Crippen LogP contribution in [0.25, 0.3) is 16.0 Å². The van der Waals surface area contributed by atoms with Crippen LogP contribution in [0.4, 0.5) is 5.13 Å². The van der Waals surface area contributed by atoms with Gasteiger partial charge >= 0.3 is 5.91 Å². The minimum Gasteiger partial charge on any atom is -0.507 e.